The molecule has 0 aromatic carbocycles. The fourth-order valence-corrected chi connectivity index (χ4v) is 1.11. The van der Waals surface area contributed by atoms with Crippen LogP contribution in [0.25, 0.3) is 0 Å². The number of hydrogen-bond acceptors (Lipinski definition) is 6. The fraction of sp³-hybridized carbons (Fsp3) is 1.00. The minimum absolute atomic E-state index is 0.00898. The molecule has 0 unspecified atom stereocenters. The van der Waals surface area contributed by atoms with Gasteiger partial charge in [-0.15, -0.1) is 0 Å². The van der Waals surface area contributed by atoms with Crippen molar-refractivity contribution in [1.82, 2.24) is 0 Å². The highest BCUT2D eigenvalue weighted by molar-refractivity contribution is 4.86. The molecule has 72 valence electrons. The predicted molar refractivity (Wildman–Crippen MR) is 37.9 cm³/mol. The first-order valence-corrected chi connectivity index (χ1v) is 3.64. The summed E-state index contributed by atoms with van der Waals surface area (Å²) in [6.07, 6.45) is -4.07. The van der Waals surface area contributed by atoms with Crippen LogP contribution in [-0.4, -0.2) is 52.9 Å². The van der Waals surface area contributed by atoms with Gasteiger partial charge in [0.15, 0.2) is 0 Å². The molecule has 1 saturated heterocycles. The maximum Gasteiger partial charge on any atom is 0.111 e. The standard InChI is InChI=1S/C6H13NO5/c7-12-2-4-6(10)5(9)3(8)1-11-4/h3-6,8-10H,1-2,7H2/t3-,4+,5+,6+/m0/s1. The largest absolute Gasteiger partial charge is 0.388 e. The molecule has 1 aliphatic rings. The average molecular weight is 179 g/mol. The Bertz CT molecular complexity index is 144. The van der Waals surface area contributed by atoms with Gasteiger partial charge in [-0.25, -0.2) is 5.90 Å². The van der Waals surface area contributed by atoms with Crippen LogP contribution in [0.1, 0.15) is 0 Å². The normalized spacial score (nSPS) is 43.0. The van der Waals surface area contributed by atoms with Crippen LogP contribution in [0.15, 0.2) is 0 Å². The smallest absolute Gasteiger partial charge is 0.111 e. The van der Waals surface area contributed by atoms with Gasteiger partial charge in [-0.05, 0) is 0 Å². The molecule has 0 aromatic rings. The SMILES string of the molecule is NOC[C@H]1OC[C@H](O)[C@@H](O)[C@@H]1O. The average Bonchev–Trinajstić information content (AvgIpc) is 2.07. The van der Waals surface area contributed by atoms with E-state index in [9.17, 15) is 5.11 Å². The van der Waals surface area contributed by atoms with E-state index in [4.69, 9.17) is 20.8 Å². The molecular weight excluding hydrogens is 166 g/mol. The van der Waals surface area contributed by atoms with Crippen LogP contribution in [0.2, 0.25) is 0 Å². The Balaban J connectivity index is 2.46. The van der Waals surface area contributed by atoms with E-state index in [0.717, 1.165) is 0 Å². The molecule has 6 heteroatoms. The van der Waals surface area contributed by atoms with E-state index in [2.05, 4.69) is 4.84 Å². The highest BCUT2D eigenvalue weighted by Gasteiger charge is 2.37. The molecule has 4 atom stereocenters. The highest BCUT2D eigenvalue weighted by Crippen LogP contribution is 2.15. The lowest BCUT2D eigenvalue weighted by molar-refractivity contribution is -0.199. The Morgan fingerprint density at radius 1 is 1.33 bits per heavy atom. The maximum atomic E-state index is 9.27. The zero-order valence-electron chi connectivity index (χ0n) is 6.46. The van der Waals surface area contributed by atoms with Gasteiger partial charge in [-0.3, -0.25) is 0 Å². The first-order chi connectivity index (χ1) is 5.66. The lowest BCUT2D eigenvalue weighted by Crippen LogP contribution is -2.54. The van der Waals surface area contributed by atoms with E-state index >= 15 is 0 Å². The molecule has 0 saturated carbocycles. The van der Waals surface area contributed by atoms with Crippen LogP contribution in [0.3, 0.4) is 0 Å². The lowest BCUT2D eigenvalue weighted by atomic mass is 10.0. The zero-order valence-corrected chi connectivity index (χ0v) is 6.46. The molecule has 1 fully saturated rings. The van der Waals surface area contributed by atoms with Gasteiger partial charge < -0.3 is 24.9 Å². The van der Waals surface area contributed by atoms with Gasteiger partial charge in [0.1, 0.15) is 24.4 Å². The van der Waals surface area contributed by atoms with Crippen LogP contribution in [0, 0.1) is 0 Å². The summed E-state index contributed by atoms with van der Waals surface area (Å²) in [4.78, 5) is 4.26. The molecule has 0 amide bonds. The first-order valence-electron chi connectivity index (χ1n) is 3.64. The number of ether oxygens (including phenoxy) is 1. The summed E-state index contributed by atoms with van der Waals surface area (Å²) < 4.78 is 4.95. The summed E-state index contributed by atoms with van der Waals surface area (Å²) in [6, 6.07) is 0. The minimum Gasteiger partial charge on any atom is -0.388 e. The third-order valence-electron chi connectivity index (χ3n) is 1.87. The maximum absolute atomic E-state index is 9.27. The number of nitrogens with two attached hydrogens (primary N) is 1. The Hall–Kier alpha value is -0.240. The van der Waals surface area contributed by atoms with Crippen molar-refractivity contribution in [3.63, 3.8) is 0 Å². The summed E-state index contributed by atoms with van der Waals surface area (Å²) in [7, 11) is 0. The van der Waals surface area contributed by atoms with E-state index in [-0.39, 0.29) is 13.2 Å². The van der Waals surface area contributed by atoms with Gasteiger partial charge in [0.05, 0.1) is 13.2 Å². The number of hydrogen-bond donors (Lipinski definition) is 4. The summed E-state index contributed by atoms with van der Waals surface area (Å²) in [5.74, 6) is 4.77. The van der Waals surface area contributed by atoms with Crippen molar-refractivity contribution in [2.24, 2.45) is 5.90 Å². The summed E-state index contributed by atoms with van der Waals surface area (Å²) >= 11 is 0. The van der Waals surface area contributed by atoms with Crippen LogP contribution >= 0.6 is 0 Å². The molecule has 1 aliphatic heterocycles. The van der Waals surface area contributed by atoms with E-state index in [1.165, 1.54) is 0 Å². The van der Waals surface area contributed by atoms with Crippen molar-refractivity contribution in [2.75, 3.05) is 13.2 Å². The Morgan fingerprint density at radius 2 is 2.00 bits per heavy atom. The van der Waals surface area contributed by atoms with Crippen molar-refractivity contribution in [2.45, 2.75) is 24.4 Å². The molecule has 0 bridgehead atoms. The molecule has 1 rings (SSSR count). The van der Waals surface area contributed by atoms with Gasteiger partial charge in [0.2, 0.25) is 0 Å². The molecule has 12 heavy (non-hydrogen) atoms. The number of rotatable bonds is 2. The van der Waals surface area contributed by atoms with Crippen LogP contribution in [-0.2, 0) is 9.57 Å². The first kappa shape index (κ1) is 9.85. The van der Waals surface area contributed by atoms with Crippen molar-refractivity contribution < 1.29 is 24.9 Å². The van der Waals surface area contributed by atoms with Crippen LogP contribution < -0.4 is 5.90 Å². The Kier molecular flexibility index (Phi) is 3.39. The Morgan fingerprint density at radius 3 is 2.58 bits per heavy atom. The molecular formula is C6H13NO5. The topological polar surface area (TPSA) is 105 Å². The zero-order chi connectivity index (χ0) is 9.14. The quantitative estimate of drug-likeness (QED) is 0.345. The molecule has 0 aliphatic carbocycles. The van der Waals surface area contributed by atoms with Gasteiger partial charge in [0.25, 0.3) is 0 Å². The van der Waals surface area contributed by atoms with Crippen LogP contribution in [0.4, 0.5) is 0 Å². The van der Waals surface area contributed by atoms with E-state index < -0.39 is 24.4 Å². The van der Waals surface area contributed by atoms with Gasteiger partial charge in [0, 0.05) is 0 Å². The molecule has 0 radical (unpaired) electrons. The minimum atomic E-state index is -1.20. The second-order valence-electron chi connectivity index (χ2n) is 2.75. The second-order valence-corrected chi connectivity index (χ2v) is 2.75. The molecule has 1 heterocycles. The van der Waals surface area contributed by atoms with E-state index in [0.29, 0.717) is 0 Å². The summed E-state index contributed by atoms with van der Waals surface area (Å²) in [5, 5.41) is 27.5. The number of aliphatic hydroxyl groups is 3. The van der Waals surface area contributed by atoms with Gasteiger partial charge in [-0.1, -0.05) is 0 Å². The highest BCUT2D eigenvalue weighted by atomic mass is 16.6. The van der Waals surface area contributed by atoms with Crippen molar-refractivity contribution >= 4 is 0 Å². The third kappa shape index (κ3) is 1.92. The summed E-state index contributed by atoms with van der Waals surface area (Å²) in [5.41, 5.74) is 0. The summed E-state index contributed by atoms with van der Waals surface area (Å²) in [6.45, 7) is -0.0306. The molecule has 6 nitrogen and oxygen atoms in total. The Labute approximate surface area is 69.5 Å². The monoisotopic (exact) mass is 179 g/mol. The van der Waals surface area contributed by atoms with Crippen LogP contribution in [0.5, 0.6) is 0 Å². The molecule has 0 aromatic heterocycles. The van der Waals surface area contributed by atoms with Gasteiger partial charge >= 0.3 is 0 Å². The third-order valence-corrected chi connectivity index (χ3v) is 1.87. The predicted octanol–water partition coefficient (Wildman–Crippen LogP) is -2.64. The molecule has 0 spiro atoms. The van der Waals surface area contributed by atoms with Crippen molar-refractivity contribution in [3.05, 3.63) is 0 Å². The fourth-order valence-electron chi connectivity index (χ4n) is 1.11. The number of aliphatic hydroxyl groups excluding tert-OH is 3. The van der Waals surface area contributed by atoms with Crippen molar-refractivity contribution in [1.29, 1.82) is 0 Å². The van der Waals surface area contributed by atoms with E-state index in [1.807, 2.05) is 0 Å². The van der Waals surface area contributed by atoms with E-state index in [1.54, 1.807) is 0 Å². The van der Waals surface area contributed by atoms with Gasteiger partial charge in [-0.2, -0.15) is 0 Å². The lowest BCUT2D eigenvalue weighted by Gasteiger charge is -2.34. The molecule has 5 N–H and O–H groups in total. The second kappa shape index (κ2) is 4.13. The van der Waals surface area contributed by atoms with Crippen molar-refractivity contribution in [3.8, 4) is 0 Å².